The van der Waals surface area contributed by atoms with Gasteiger partial charge in [-0.25, -0.2) is 4.57 Å². The van der Waals surface area contributed by atoms with Crippen molar-refractivity contribution in [3.8, 4) is 0 Å². The molecule has 0 aliphatic carbocycles. The highest BCUT2D eigenvalue weighted by Crippen LogP contribution is 2.51. The van der Waals surface area contributed by atoms with E-state index in [1.807, 2.05) is 6.92 Å². The second kappa shape index (κ2) is 5.17. The van der Waals surface area contributed by atoms with Gasteiger partial charge in [-0.05, 0) is 6.92 Å². The normalized spacial score (nSPS) is 42.8. The molecule has 3 unspecified atom stereocenters. The first-order chi connectivity index (χ1) is 8.44. The van der Waals surface area contributed by atoms with Crippen molar-refractivity contribution >= 4 is 7.82 Å². The summed E-state index contributed by atoms with van der Waals surface area (Å²) < 4.78 is 37.8. The van der Waals surface area contributed by atoms with E-state index in [9.17, 15) is 9.46 Å². The molecule has 0 aromatic heterocycles. The largest absolute Gasteiger partial charge is 0.472 e. The predicted octanol–water partition coefficient (Wildman–Crippen LogP) is 0.711. The van der Waals surface area contributed by atoms with E-state index in [1.54, 1.807) is 7.11 Å². The average Bonchev–Trinajstić information content (AvgIpc) is 2.47. The average molecular weight is 282 g/mol. The zero-order chi connectivity index (χ0) is 13.4. The molecule has 2 fully saturated rings. The Morgan fingerprint density at radius 1 is 1.50 bits per heavy atom. The molecule has 2 aliphatic heterocycles. The fraction of sp³-hybridized carbons (Fsp3) is 1.00. The van der Waals surface area contributed by atoms with Gasteiger partial charge in [0.25, 0.3) is 0 Å². The molecule has 2 heterocycles. The predicted molar refractivity (Wildman–Crippen MR) is 61.2 cm³/mol. The van der Waals surface area contributed by atoms with Crippen LogP contribution in [-0.2, 0) is 27.8 Å². The van der Waals surface area contributed by atoms with E-state index in [0.717, 1.165) is 7.11 Å². The van der Waals surface area contributed by atoms with Crippen LogP contribution in [-0.4, -0.2) is 56.2 Å². The molecular formula is C10H19O7P. The maximum Gasteiger partial charge on any atom is 0.472 e. The van der Waals surface area contributed by atoms with Gasteiger partial charge in [0.2, 0.25) is 0 Å². The summed E-state index contributed by atoms with van der Waals surface area (Å²) in [5.74, 6) is 0. The fourth-order valence-corrected chi connectivity index (χ4v) is 3.30. The van der Waals surface area contributed by atoms with E-state index in [0.29, 0.717) is 13.0 Å². The summed E-state index contributed by atoms with van der Waals surface area (Å²) in [6, 6.07) is 0. The molecule has 0 radical (unpaired) electrons. The molecule has 0 saturated carbocycles. The number of ether oxygens (including phenoxy) is 3. The van der Waals surface area contributed by atoms with Gasteiger partial charge < -0.3 is 19.1 Å². The summed E-state index contributed by atoms with van der Waals surface area (Å²) in [5, 5.41) is 0. The highest BCUT2D eigenvalue weighted by molar-refractivity contribution is 7.47. The van der Waals surface area contributed by atoms with E-state index in [1.165, 1.54) is 0 Å². The van der Waals surface area contributed by atoms with Crippen molar-refractivity contribution in [3.63, 3.8) is 0 Å². The van der Waals surface area contributed by atoms with E-state index >= 15 is 0 Å². The molecule has 2 rings (SSSR count). The van der Waals surface area contributed by atoms with Gasteiger partial charge in [-0.1, -0.05) is 0 Å². The van der Waals surface area contributed by atoms with Crippen molar-refractivity contribution in [1.29, 1.82) is 0 Å². The van der Waals surface area contributed by atoms with Crippen LogP contribution in [0.3, 0.4) is 0 Å². The molecule has 0 aromatic rings. The summed E-state index contributed by atoms with van der Waals surface area (Å²) in [6.45, 7) is 2.64. The van der Waals surface area contributed by atoms with Crippen LogP contribution in [0.5, 0.6) is 0 Å². The van der Waals surface area contributed by atoms with Crippen LogP contribution in [0.4, 0.5) is 0 Å². The van der Waals surface area contributed by atoms with Crippen LogP contribution >= 0.6 is 7.82 Å². The van der Waals surface area contributed by atoms with Gasteiger partial charge >= 0.3 is 7.82 Å². The zero-order valence-electron chi connectivity index (χ0n) is 10.7. The number of phosphoric ester groups is 1. The summed E-state index contributed by atoms with van der Waals surface area (Å²) in [4.78, 5) is 9.47. The number of phosphoric acid groups is 1. The molecule has 2 bridgehead atoms. The molecule has 7 nitrogen and oxygen atoms in total. The minimum atomic E-state index is -4.08. The molecule has 5 atom stereocenters. The number of hydrogen-bond acceptors (Lipinski definition) is 6. The minimum Gasteiger partial charge on any atom is -0.382 e. The number of methoxy groups -OCH3 is 1. The number of fused-ring (bicyclic) bond motifs is 2. The minimum absolute atomic E-state index is 0.218. The summed E-state index contributed by atoms with van der Waals surface area (Å²) in [6.07, 6.45) is -0.721. The van der Waals surface area contributed by atoms with Crippen molar-refractivity contribution in [2.45, 2.75) is 37.3 Å². The second-order valence-electron chi connectivity index (χ2n) is 4.58. The lowest BCUT2D eigenvalue weighted by molar-refractivity contribution is -0.141. The first-order valence-corrected chi connectivity index (χ1v) is 7.29. The van der Waals surface area contributed by atoms with Gasteiger partial charge in [0.15, 0.2) is 0 Å². The second-order valence-corrected chi connectivity index (χ2v) is 6.10. The van der Waals surface area contributed by atoms with Crippen LogP contribution in [0.25, 0.3) is 0 Å². The highest BCUT2D eigenvalue weighted by Gasteiger charge is 2.59. The number of rotatable bonds is 5. The zero-order valence-corrected chi connectivity index (χ0v) is 11.6. The Hall–Kier alpha value is -0.0100. The quantitative estimate of drug-likeness (QED) is 0.743. The van der Waals surface area contributed by atoms with Gasteiger partial charge in [-0.2, -0.15) is 0 Å². The molecule has 0 aromatic carbocycles. The lowest BCUT2D eigenvalue weighted by atomic mass is 9.90. The Morgan fingerprint density at radius 3 is 2.83 bits per heavy atom. The van der Waals surface area contributed by atoms with Crippen molar-refractivity contribution in [2.75, 3.05) is 27.4 Å². The third-order valence-electron chi connectivity index (χ3n) is 3.40. The molecule has 2 aliphatic rings. The van der Waals surface area contributed by atoms with Gasteiger partial charge in [-0.15, -0.1) is 0 Å². The lowest BCUT2D eigenvalue weighted by Gasteiger charge is -2.38. The van der Waals surface area contributed by atoms with Crippen LogP contribution in [0.2, 0.25) is 0 Å². The van der Waals surface area contributed by atoms with Crippen molar-refractivity contribution < 1.29 is 32.7 Å². The number of hydrogen-bond donors (Lipinski definition) is 1. The van der Waals surface area contributed by atoms with Crippen LogP contribution < -0.4 is 0 Å². The Bertz CT molecular complexity index is 345. The van der Waals surface area contributed by atoms with Gasteiger partial charge in [0, 0.05) is 20.6 Å². The van der Waals surface area contributed by atoms with E-state index in [4.69, 9.17) is 18.7 Å². The van der Waals surface area contributed by atoms with E-state index in [2.05, 4.69) is 4.52 Å². The molecule has 0 spiro atoms. The molecule has 1 N–H and O–H groups in total. The van der Waals surface area contributed by atoms with Crippen LogP contribution in [0, 0.1) is 0 Å². The molecular weight excluding hydrogens is 263 g/mol. The van der Waals surface area contributed by atoms with Gasteiger partial charge in [0.05, 0.1) is 19.3 Å². The standard InChI is InChI=1S/C10H19O7P/c1-7-8-9(17-18(11,12)14-3)10(16-7,6-13-2)4-5-15-8/h7-9H,4-6H2,1-3H3,(H,11,12)/t7?,8?,9-,10-/m1/s1. The molecule has 0 amide bonds. The first-order valence-electron chi connectivity index (χ1n) is 5.79. The monoisotopic (exact) mass is 282 g/mol. The third-order valence-corrected chi connectivity index (χ3v) is 4.36. The van der Waals surface area contributed by atoms with E-state index < -0.39 is 19.5 Å². The van der Waals surface area contributed by atoms with Crippen LogP contribution in [0.15, 0.2) is 0 Å². The molecule has 18 heavy (non-hydrogen) atoms. The lowest BCUT2D eigenvalue weighted by Crippen LogP contribution is -2.52. The van der Waals surface area contributed by atoms with Crippen molar-refractivity contribution in [1.82, 2.24) is 0 Å². The smallest absolute Gasteiger partial charge is 0.382 e. The summed E-state index contributed by atoms with van der Waals surface area (Å²) in [7, 11) is -1.41. The summed E-state index contributed by atoms with van der Waals surface area (Å²) in [5.41, 5.74) is -0.742. The summed E-state index contributed by atoms with van der Waals surface area (Å²) >= 11 is 0. The molecule has 8 heteroatoms. The Labute approximate surface area is 106 Å². The molecule has 2 saturated heterocycles. The SMILES string of the molecule is COC[C@@]12CCOC(C(C)O1)[C@H]2OP(=O)(O)OC. The third kappa shape index (κ3) is 2.49. The van der Waals surface area contributed by atoms with Gasteiger partial charge in [0.1, 0.15) is 17.8 Å². The fourth-order valence-electron chi connectivity index (χ4n) is 2.62. The Balaban J connectivity index is 2.22. The van der Waals surface area contributed by atoms with Crippen molar-refractivity contribution in [3.05, 3.63) is 0 Å². The highest BCUT2D eigenvalue weighted by atomic mass is 31.2. The van der Waals surface area contributed by atoms with Gasteiger partial charge in [-0.3, -0.25) is 9.05 Å². The molecule has 106 valence electrons. The van der Waals surface area contributed by atoms with Crippen molar-refractivity contribution in [2.24, 2.45) is 0 Å². The maximum atomic E-state index is 11.6. The Kier molecular flexibility index (Phi) is 4.14. The topological polar surface area (TPSA) is 83.5 Å². The Morgan fingerprint density at radius 2 is 2.22 bits per heavy atom. The van der Waals surface area contributed by atoms with E-state index in [-0.39, 0.29) is 18.8 Å². The first kappa shape index (κ1) is 14.4. The maximum absolute atomic E-state index is 11.6. The van der Waals surface area contributed by atoms with Crippen LogP contribution in [0.1, 0.15) is 13.3 Å².